The number of anilines is 1. The molecule has 0 spiro atoms. The van der Waals surface area contributed by atoms with Gasteiger partial charge in [-0.05, 0) is 61.7 Å². The van der Waals surface area contributed by atoms with Crippen LogP contribution in [0.15, 0.2) is 47.4 Å². The van der Waals surface area contributed by atoms with Crippen molar-refractivity contribution >= 4 is 27.7 Å². The Morgan fingerprint density at radius 3 is 2.52 bits per heavy atom. The summed E-state index contributed by atoms with van der Waals surface area (Å²) in [6, 6.07) is 8.84. The number of methoxy groups -OCH3 is 1. The molecule has 1 aliphatic rings. The van der Waals surface area contributed by atoms with Crippen molar-refractivity contribution in [1.29, 1.82) is 0 Å². The normalized spacial score (nSPS) is 14.7. The van der Waals surface area contributed by atoms with E-state index in [2.05, 4.69) is 5.32 Å². The van der Waals surface area contributed by atoms with Crippen LogP contribution in [0.1, 0.15) is 25.3 Å². The van der Waals surface area contributed by atoms with Gasteiger partial charge in [0.2, 0.25) is 15.9 Å². The zero-order valence-corrected chi connectivity index (χ0v) is 18.2. The zero-order chi connectivity index (χ0) is 22.4. The van der Waals surface area contributed by atoms with E-state index in [4.69, 9.17) is 9.47 Å². The Balaban J connectivity index is 1.79. The largest absolute Gasteiger partial charge is 0.494 e. The summed E-state index contributed by atoms with van der Waals surface area (Å²) in [4.78, 5) is 12.3. The quantitative estimate of drug-likeness (QED) is 0.623. The molecule has 1 fully saturated rings. The molecule has 166 valence electrons. The van der Waals surface area contributed by atoms with Gasteiger partial charge in [-0.2, -0.15) is 4.31 Å². The lowest BCUT2D eigenvalue weighted by molar-refractivity contribution is -0.111. The van der Waals surface area contributed by atoms with E-state index < -0.39 is 21.7 Å². The van der Waals surface area contributed by atoms with Crippen LogP contribution in [0.5, 0.6) is 11.5 Å². The highest BCUT2D eigenvalue weighted by molar-refractivity contribution is 7.89. The average molecular weight is 449 g/mol. The molecule has 3 rings (SSSR count). The maximum absolute atomic E-state index is 13.8. The van der Waals surface area contributed by atoms with Gasteiger partial charge >= 0.3 is 0 Å². The van der Waals surface area contributed by atoms with E-state index in [1.807, 2.05) is 0 Å². The standard InChI is InChI=1S/C22H25FN2O5S/c1-3-30-20-10-8-17(15-21(20)31(27,28)25-12-4-5-13-25)24-22(26)11-7-16-6-9-19(29-2)18(23)14-16/h6-11,14-15H,3-5,12-13H2,1-2H3,(H,24,26)/b11-7+. The lowest BCUT2D eigenvalue weighted by Gasteiger charge is -2.19. The summed E-state index contributed by atoms with van der Waals surface area (Å²) in [6.45, 7) is 3.02. The van der Waals surface area contributed by atoms with E-state index in [0.29, 0.717) is 30.9 Å². The van der Waals surface area contributed by atoms with Gasteiger partial charge in [0, 0.05) is 24.9 Å². The fraction of sp³-hybridized carbons (Fsp3) is 0.318. The van der Waals surface area contributed by atoms with Crippen LogP contribution in [-0.2, 0) is 14.8 Å². The number of benzene rings is 2. The van der Waals surface area contributed by atoms with Gasteiger partial charge in [0.25, 0.3) is 0 Å². The maximum atomic E-state index is 13.8. The molecule has 0 radical (unpaired) electrons. The number of nitrogens with zero attached hydrogens (tertiary/aromatic N) is 1. The van der Waals surface area contributed by atoms with Crippen molar-refractivity contribution in [1.82, 2.24) is 4.31 Å². The van der Waals surface area contributed by atoms with Gasteiger partial charge in [-0.25, -0.2) is 12.8 Å². The first-order valence-corrected chi connectivity index (χ1v) is 11.4. The number of halogens is 1. The highest BCUT2D eigenvalue weighted by Crippen LogP contribution is 2.31. The highest BCUT2D eigenvalue weighted by Gasteiger charge is 2.30. The monoisotopic (exact) mass is 448 g/mol. The lowest BCUT2D eigenvalue weighted by Crippen LogP contribution is -2.28. The van der Waals surface area contributed by atoms with Crippen LogP contribution < -0.4 is 14.8 Å². The summed E-state index contributed by atoms with van der Waals surface area (Å²) >= 11 is 0. The predicted octanol–water partition coefficient (Wildman–Crippen LogP) is 3.67. The molecule has 0 unspecified atom stereocenters. The predicted molar refractivity (Wildman–Crippen MR) is 116 cm³/mol. The van der Waals surface area contributed by atoms with E-state index >= 15 is 0 Å². The first-order valence-electron chi connectivity index (χ1n) is 9.94. The van der Waals surface area contributed by atoms with Gasteiger partial charge in [-0.1, -0.05) is 6.07 Å². The molecule has 0 saturated carbocycles. The number of carbonyl (C=O) groups is 1. The van der Waals surface area contributed by atoms with Gasteiger partial charge < -0.3 is 14.8 Å². The van der Waals surface area contributed by atoms with Crippen molar-refractivity contribution in [2.45, 2.75) is 24.7 Å². The van der Waals surface area contributed by atoms with Crippen LogP contribution in [0, 0.1) is 5.82 Å². The Morgan fingerprint density at radius 2 is 1.87 bits per heavy atom. The molecule has 1 N–H and O–H groups in total. The molecule has 2 aromatic rings. The summed E-state index contributed by atoms with van der Waals surface area (Å²) in [5.74, 6) is -0.655. The number of amides is 1. The van der Waals surface area contributed by atoms with E-state index in [9.17, 15) is 17.6 Å². The number of hydrogen-bond donors (Lipinski definition) is 1. The number of ether oxygens (including phenoxy) is 2. The summed E-state index contributed by atoms with van der Waals surface area (Å²) in [6.07, 6.45) is 4.33. The summed E-state index contributed by atoms with van der Waals surface area (Å²) in [7, 11) is -2.36. The number of hydrogen-bond acceptors (Lipinski definition) is 5. The van der Waals surface area contributed by atoms with Crippen LogP contribution >= 0.6 is 0 Å². The number of rotatable bonds is 8. The topological polar surface area (TPSA) is 84.9 Å². The highest BCUT2D eigenvalue weighted by atomic mass is 32.2. The van der Waals surface area contributed by atoms with E-state index in [1.54, 1.807) is 19.1 Å². The molecule has 1 heterocycles. The van der Waals surface area contributed by atoms with Crippen LogP contribution in [0.2, 0.25) is 0 Å². The van der Waals surface area contributed by atoms with Crippen molar-refractivity contribution in [2.24, 2.45) is 0 Å². The van der Waals surface area contributed by atoms with Gasteiger partial charge in [-0.15, -0.1) is 0 Å². The van der Waals surface area contributed by atoms with E-state index in [1.165, 1.54) is 47.8 Å². The minimum atomic E-state index is -3.73. The molecule has 1 saturated heterocycles. The van der Waals surface area contributed by atoms with E-state index in [0.717, 1.165) is 12.8 Å². The van der Waals surface area contributed by atoms with Crippen LogP contribution in [0.25, 0.3) is 6.08 Å². The molecule has 0 aromatic heterocycles. The fourth-order valence-electron chi connectivity index (χ4n) is 3.27. The number of nitrogens with one attached hydrogen (secondary N) is 1. The molecule has 7 nitrogen and oxygen atoms in total. The summed E-state index contributed by atoms with van der Waals surface area (Å²) < 4.78 is 51.6. The molecule has 31 heavy (non-hydrogen) atoms. The molecule has 0 bridgehead atoms. The molecule has 1 amide bonds. The van der Waals surface area contributed by atoms with Crippen LogP contribution in [0.3, 0.4) is 0 Å². The van der Waals surface area contributed by atoms with Crippen molar-refractivity contribution < 1.29 is 27.1 Å². The smallest absolute Gasteiger partial charge is 0.248 e. The van der Waals surface area contributed by atoms with Gasteiger partial charge in [-0.3, -0.25) is 4.79 Å². The Bertz CT molecular complexity index is 1080. The molecular formula is C22H25FN2O5S. The SMILES string of the molecule is CCOc1ccc(NC(=O)/C=C/c2ccc(OC)c(F)c2)cc1S(=O)(=O)N1CCCC1. The van der Waals surface area contributed by atoms with Crippen LogP contribution in [-0.4, -0.2) is 45.4 Å². The Labute approximate surface area is 181 Å². The fourth-order valence-corrected chi connectivity index (χ4v) is 4.95. The number of carbonyl (C=O) groups excluding carboxylic acids is 1. The summed E-state index contributed by atoms with van der Waals surface area (Å²) in [5.41, 5.74) is 0.800. The second-order valence-electron chi connectivity index (χ2n) is 6.92. The van der Waals surface area contributed by atoms with Gasteiger partial charge in [0.15, 0.2) is 11.6 Å². The lowest BCUT2D eigenvalue weighted by atomic mass is 10.2. The van der Waals surface area contributed by atoms with Crippen molar-refractivity contribution in [3.8, 4) is 11.5 Å². The summed E-state index contributed by atoms with van der Waals surface area (Å²) in [5, 5.41) is 2.64. The van der Waals surface area contributed by atoms with E-state index in [-0.39, 0.29) is 16.4 Å². The molecule has 0 aliphatic carbocycles. The molecule has 0 atom stereocenters. The number of sulfonamides is 1. The first kappa shape index (κ1) is 22.8. The van der Waals surface area contributed by atoms with Gasteiger partial charge in [0.05, 0.1) is 13.7 Å². The van der Waals surface area contributed by atoms with Gasteiger partial charge in [0.1, 0.15) is 10.6 Å². The Kier molecular flexibility index (Phi) is 7.29. The minimum absolute atomic E-state index is 0.0234. The third-order valence-electron chi connectivity index (χ3n) is 4.80. The Hall–Kier alpha value is -2.91. The first-order chi connectivity index (χ1) is 14.8. The average Bonchev–Trinajstić information content (AvgIpc) is 3.29. The minimum Gasteiger partial charge on any atom is -0.494 e. The second kappa shape index (κ2) is 9.93. The van der Waals surface area contributed by atoms with Crippen molar-refractivity contribution in [3.63, 3.8) is 0 Å². The van der Waals surface area contributed by atoms with Crippen LogP contribution in [0.4, 0.5) is 10.1 Å². The maximum Gasteiger partial charge on any atom is 0.248 e. The molecular weight excluding hydrogens is 423 g/mol. The van der Waals surface area contributed by atoms with Crippen molar-refractivity contribution in [3.05, 3.63) is 53.9 Å². The third kappa shape index (κ3) is 5.42. The molecule has 2 aromatic carbocycles. The van der Waals surface area contributed by atoms with Crippen molar-refractivity contribution in [2.75, 3.05) is 32.1 Å². The Morgan fingerprint density at radius 1 is 1.16 bits per heavy atom. The third-order valence-corrected chi connectivity index (χ3v) is 6.72. The second-order valence-corrected chi connectivity index (χ2v) is 8.83. The molecule has 1 aliphatic heterocycles. The zero-order valence-electron chi connectivity index (χ0n) is 17.4. The molecule has 9 heteroatoms.